The molecule has 1 unspecified atom stereocenters. The number of ether oxygens (including phenoxy) is 1. The lowest BCUT2D eigenvalue weighted by Gasteiger charge is -2.12. The number of nitrogens with two attached hydrogens (primary N) is 1. The van der Waals surface area contributed by atoms with E-state index in [4.69, 9.17) is 15.6 Å². The van der Waals surface area contributed by atoms with Crippen molar-refractivity contribution in [2.45, 2.75) is 26.4 Å². The monoisotopic (exact) mass is 224 g/mol. The summed E-state index contributed by atoms with van der Waals surface area (Å²) in [7, 11) is 0. The molecule has 16 heavy (non-hydrogen) atoms. The minimum absolute atomic E-state index is 0.377. The molecule has 1 aromatic rings. The molecule has 1 atom stereocenters. The summed E-state index contributed by atoms with van der Waals surface area (Å²) < 4.78 is 5.51. The fourth-order valence-electron chi connectivity index (χ4n) is 1.25. The molecule has 0 bridgehead atoms. The van der Waals surface area contributed by atoms with Gasteiger partial charge >= 0.3 is 0 Å². The molecule has 0 saturated heterocycles. The topological polar surface area (TPSA) is 67.5 Å². The van der Waals surface area contributed by atoms with Gasteiger partial charge in [-0.1, -0.05) is 6.92 Å². The Balaban J connectivity index is 2.65. The average molecular weight is 224 g/mol. The van der Waals surface area contributed by atoms with Gasteiger partial charge in [0, 0.05) is 18.3 Å². The van der Waals surface area contributed by atoms with Crippen molar-refractivity contribution in [2.24, 2.45) is 0 Å². The summed E-state index contributed by atoms with van der Waals surface area (Å²) in [6.07, 6.45) is 0.572. The van der Waals surface area contributed by atoms with Crippen LogP contribution in [0.2, 0.25) is 0 Å². The Kier molecular flexibility index (Phi) is 4.92. The van der Waals surface area contributed by atoms with Gasteiger partial charge in [0.2, 0.25) is 0 Å². The van der Waals surface area contributed by atoms with Crippen LogP contribution in [0.25, 0.3) is 0 Å². The van der Waals surface area contributed by atoms with E-state index in [0.29, 0.717) is 24.6 Å². The molecule has 0 amide bonds. The van der Waals surface area contributed by atoms with Crippen molar-refractivity contribution in [1.82, 2.24) is 0 Å². The first-order chi connectivity index (χ1) is 7.63. The fourth-order valence-corrected chi connectivity index (χ4v) is 1.25. The summed E-state index contributed by atoms with van der Waals surface area (Å²) in [4.78, 5) is 0. The van der Waals surface area contributed by atoms with Gasteiger partial charge in [-0.05, 0) is 25.5 Å². The van der Waals surface area contributed by atoms with Crippen LogP contribution in [0.3, 0.4) is 0 Å². The van der Waals surface area contributed by atoms with Crippen LogP contribution in [-0.4, -0.2) is 24.4 Å². The van der Waals surface area contributed by atoms with Crippen molar-refractivity contribution in [2.75, 3.05) is 24.2 Å². The minimum atomic E-state index is -0.377. The minimum Gasteiger partial charge on any atom is -0.491 e. The number of anilines is 2. The van der Waals surface area contributed by atoms with Crippen LogP contribution in [0, 0.1) is 0 Å². The summed E-state index contributed by atoms with van der Waals surface area (Å²) in [6.45, 7) is 4.95. The number of nitrogen functional groups attached to an aromatic ring is 1. The molecule has 4 N–H and O–H groups in total. The largest absolute Gasteiger partial charge is 0.491 e. The second kappa shape index (κ2) is 6.23. The third-order valence-electron chi connectivity index (χ3n) is 2.08. The molecule has 0 radical (unpaired) electrons. The lowest BCUT2D eigenvalue weighted by atomic mass is 10.2. The molecule has 0 aromatic heterocycles. The van der Waals surface area contributed by atoms with Crippen molar-refractivity contribution in [1.29, 1.82) is 0 Å². The highest BCUT2D eigenvalue weighted by molar-refractivity contribution is 5.61. The van der Waals surface area contributed by atoms with E-state index in [1.165, 1.54) is 0 Å². The normalized spacial score (nSPS) is 12.2. The Labute approximate surface area is 96.4 Å². The van der Waals surface area contributed by atoms with Crippen molar-refractivity contribution in [3.05, 3.63) is 18.2 Å². The van der Waals surface area contributed by atoms with E-state index in [1.54, 1.807) is 13.0 Å². The van der Waals surface area contributed by atoms with Crippen molar-refractivity contribution in [3.63, 3.8) is 0 Å². The van der Waals surface area contributed by atoms with E-state index in [2.05, 4.69) is 5.32 Å². The van der Waals surface area contributed by atoms with E-state index in [-0.39, 0.29) is 6.10 Å². The van der Waals surface area contributed by atoms with Crippen LogP contribution in [-0.2, 0) is 0 Å². The van der Waals surface area contributed by atoms with Crippen LogP contribution >= 0.6 is 0 Å². The van der Waals surface area contributed by atoms with Crippen molar-refractivity contribution < 1.29 is 9.84 Å². The lowest BCUT2D eigenvalue weighted by molar-refractivity contribution is 0.208. The van der Waals surface area contributed by atoms with Crippen molar-refractivity contribution in [3.8, 4) is 5.75 Å². The number of aliphatic hydroxyl groups excluding tert-OH is 1. The highest BCUT2D eigenvalue weighted by Gasteiger charge is 2.02. The molecule has 4 heteroatoms. The SMILES string of the molecule is CCCOc1cc(NCC(C)O)ccc1N. The number of hydrogen-bond donors (Lipinski definition) is 3. The Morgan fingerprint density at radius 3 is 2.88 bits per heavy atom. The highest BCUT2D eigenvalue weighted by atomic mass is 16.5. The number of hydrogen-bond acceptors (Lipinski definition) is 4. The van der Waals surface area contributed by atoms with Gasteiger partial charge in [-0.3, -0.25) is 0 Å². The molecule has 0 aliphatic heterocycles. The van der Waals surface area contributed by atoms with Gasteiger partial charge < -0.3 is 20.9 Å². The van der Waals surface area contributed by atoms with E-state index in [1.807, 2.05) is 19.1 Å². The first-order valence-electron chi connectivity index (χ1n) is 5.57. The second-order valence-corrected chi connectivity index (χ2v) is 3.83. The third kappa shape index (κ3) is 3.98. The second-order valence-electron chi connectivity index (χ2n) is 3.83. The predicted octanol–water partition coefficient (Wildman–Crippen LogP) is 1.85. The molecule has 0 saturated carbocycles. The molecule has 0 fully saturated rings. The Morgan fingerprint density at radius 1 is 1.50 bits per heavy atom. The van der Waals surface area contributed by atoms with Gasteiger partial charge in [0.15, 0.2) is 0 Å². The maximum atomic E-state index is 9.16. The molecule has 0 aliphatic rings. The van der Waals surface area contributed by atoms with Gasteiger partial charge in [-0.15, -0.1) is 0 Å². The Bertz CT molecular complexity index is 327. The van der Waals surface area contributed by atoms with Gasteiger partial charge in [0.1, 0.15) is 5.75 Å². The van der Waals surface area contributed by atoms with Gasteiger partial charge in [0.25, 0.3) is 0 Å². The summed E-state index contributed by atoms with van der Waals surface area (Å²) >= 11 is 0. The Hall–Kier alpha value is -1.42. The van der Waals surface area contributed by atoms with Crippen LogP contribution in [0.4, 0.5) is 11.4 Å². The number of nitrogens with one attached hydrogen (secondary N) is 1. The Morgan fingerprint density at radius 2 is 2.25 bits per heavy atom. The van der Waals surface area contributed by atoms with E-state index < -0.39 is 0 Å². The third-order valence-corrected chi connectivity index (χ3v) is 2.08. The average Bonchev–Trinajstić information content (AvgIpc) is 2.26. The lowest BCUT2D eigenvalue weighted by Crippen LogP contribution is -2.15. The molecular weight excluding hydrogens is 204 g/mol. The van der Waals surface area contributed by atoms with Crippen LogP contribution in [0.1, 0.15) is 20.3 Å². The molecular formula is C12H20N2O2. The number of benzene rings is 1. The molecule has 90 valence electrons. The highest BCUT2D eigenvalue weighted by Crippen LogP contribution is 2.25. The first-order valence-corrected chi connectivity index (χ1v) is 5.57. The van der Waals surface area contributed by atoms with Gasteiger partial charge in [-0.2, -0.15) is 0 Å². The maximum absolute atomic E-state index is 9.16. The van der Waals surface area contributed by atoms with Gasteiger partial charge in [0.05, 0.1) is 18.4 Å². The summed E-state index contributed by atoms with van der Waals surface area (Å²) in [6, 6.07) is 5.53. The summed E-state index contributed by atoms with van der Waals surface area (Å²) in [5, 5.41) is 12.3. The van der Waals surface area contributed by atoms with Crippen LogP contribution in [0.15, 0.2) is 18.2 Å². The molecule has 1 rings (SSSR count). The van der Waals surface area contributed by atoms with Crippen molar-refractivity contribution >= 4 is 11.4 Å². The fraction of sp³-hybridized carbons (Fsp3) is 0.500. The summed E-state index contributed by atoms with van der Waals surface area (Å²) in [5.41, 5.74) is 7.32. The zero-order chi connectivity index (χ0) is 12.0. The summed E-state index contributed by atoms with van der Waals surface area (Å²) in [5.74, 6) is 0.692. The van der Waals surface area contributed by atoms with Gasteiger partial charge in [-0.25, -0.2) is 0 Å². The number of rotatable bonds is 6. The van der Waals surface area contributed by atoms with E-state index in [0.717, 1.165) is 12.1 Å². The maximum Gasteiger partial charge on any atom is 0.144 e. The number of aliphatic hydroxyl groups is 1. The van der Waals surface area contributed by atoms with Crippen LogP contribution < -0.4 is 15.8 Å². The zero-order valence-electron chi connectivity index (χ0n) is 9.86. The van der Waals surface area contributed by atoms with Crippen LogP contribution in [0.5, 0.6) is 5.75 Å². The van der Waals surface area contributed by atoms with E-state index >= 15 is 0 Å². The molecule has 0 heterocycles. The first kappa shape index (κ1) is 12.6. The predicted molar refractivity (Wildman–Crippen MR) is 66.8 cm³/mol. The molecule has 1 aromatic carbocycles. The molecule has 4 nitrogen and oxygen atoms in total. The quantitative estimate of drug-likeness (QED) is 0.645. The molecule has 0 aliphatic carbocycles. The smallest absolute Gasteiger partial charge is 0.144 e. The zero-order valence-corrected chi connectivity index (χ0v) is 9.86. The standard InChI is InChI=1S/C12H20N2O2/c1-3-6-16-12-7-10(4-5-11(12)13)14-8-9(2)15/h4-5,7,9,14-15H,3,6,8,13H2,1-2H3. The van der Waals surface area contributed by atoms with E-state index in [9.17, 15) is 0 Å². The molecule has 0 spiro atoms.